The number of amides is 1. The maximum absolute atomic E-state index is 12.2. The fraction of sp³-hybridized carbons (Fsp3) is 0.933. The van der Waals surface area contributed by atoms with Crippen LogP contribution in [0, 0.1) is 5.92 Å². The van der Waals surface area contributed by atoms with E-state index in [9.17, 15) is 9.90 Å². The average molecular weight is 269 g/mol. The molecular formula is C15H27NO3. The first-order valence-electron chi connectivity index (χ1n) is 7.76. The highest BCUT2D eigenvalue weighted by Gasteiger charge is 2.34. The van der Waals surface area contributed by atoms with Gasteiger partial charge in [-0.2, -0.15) is 0 Å². The van der Waals surface area contributed by atoms with Crippen molar-refractivity contribution >= 4 is 5.91 Å². The Hall–Kier alpha value is -0.610. The molecule has 1 aliphatic carbocycles. The molecule has 1 heterocycles. The summed E-state index contributed by atoms with van der Waals surface area (Å²) in [6.07, 6.45) is 7.90. The lowest BCUT2D eigenvalue weighted by atomic mass is 9.93. The molecule has 1 amide bonds. The minimum atomic E-state index is -0.687. The van der Waals surface area contributed by atoms with Gasteiger partial charge in [-0.15, -0.1) is 0 Å². The molecule has 2 atom stereocenters. The van der Waals surface area contributed by atoms with E-state index < -0.39 is 5.60 Å². The third-order valence-electron chi connectivity index (χ3n) is 4.57. The van der Waals surface area contributed by atoms with E-state index in [1.165, 1.54) is 12.8 Å². The SMILES string of the molecule is CCC1OCCC1C(=O)NCC1(O)CCCCCC1. The Morgan fingerprint density at radius 1 is 1.32 bits per heavy atom. The van der Waals surface area contributed by atoms with Crippen molar-refractivity contribution in [1.29, 1.82) is 0 Å². The first-order valence-corrected chi connectivity index (χ1v) is 7.76. The number of nitrogens with one attached hydrogen (secondary N) is 1. The van der Waals surface area contributed by atoms with Crippen LogP contribution in [0.4, 0.5) is 0 Å². The molecule has 1 saturated carbocycles. The summed E-state index contributed by atoms with van der Waals surface area (Å²) in [7, 11) is 0. The van der Waals surface area contributed by atoms with Crippen molar-refractivity contribution in [2.45, 2.75) is 70.0 Å². The molecule has 2 unspecified atom stereocenters. The number of aliphatic hydroxyl groups is 1. The van der Waals surface area contributed by atoms with E-state index in [1.807, 2.05) is 0 Å². The summed E-state index contributed by atoms with van der Waals surface area (Å²) in [5.74, 6) is 0.0291. The number of hydrogen-bond acceptors (Lipinski definition) is 3. The van der Waals surface area contributed by atoms with Crippen LogP contribution in [-0.2, 0) is 9.53 Å². The average Bonchev–Trinajstić information content (AvgIpc) is 2.79. The summed E-state index contributed by atoms with van der Waals surface area (Å²) in [5.41, 5.74) is -0.687. The van der Waals surface area contributed by atoms with Crippen LogP contribution in [0.5, 0.6) is 0 Å². The Labute approximate surface area is 115 Å². The molecule has 0 spiro atoms. The molecule has 2 fully saturated rings. The van der Waals surface area contributed by atoms with E-state index in [2.05, 4.69) is 12.2 Å². The Balaban J connectivity index is 1.82. The van der Waals surface area contributed by atoms with E-state index in [-0.39, 0.29) is 17.9 Å². The molecule has 0 aromatic rings. The molecule has 1 saturated heterocycles. The Morgan fingerprint density at radius 3 is 2.63 bits per heavy atom. The molecule has 2 aliphatic rings. The first-order chi connectivity index (χ1) is 9.14. The maximum Gasteiger partial charge on any atom is 0.225 e. The molecule has 0 bridgehead atoms. The van der Waals surface area contributed by atoms with Gasteiger partial charge in [-0.1, -0.05) is 32.6 Å². The van der Waals surface area contributed by atoms with Crippen molar-refractivity contribution in [2.75, 3.05) is 13.2 Å². The van der Waals surface area contributed by atoms with Crippen LogP contribution in [-0.4, -0.2) is 35.9 Å². The van der Waals surface area contributed by atoms with Gasteiger partial charge in [0.15, 0.2) is 0 Å². The summed E-state index contributed by atoms with van der Waals surface area (Å²) in [5, 5.41) is 13.5. The monoisotopic (exact) mass is 269 g/mol. The van der Waals surface area contributed by atoms with Gasteiger partial charge in [0.2, 0.25) is 5.91 Å². The van der Waals surface area contributed by atoms with Gasteiger partial charge in [0, 0.05) is 13.2 Å². The van der Waals surface area contributed by atoms with Crippen LogP contribution >= 0.6 is 0 Å². The molecule has 0 aromatic carbocycles. The van der Waals surface area contributed by atoms with E-state index in [0.29, 0.717) is 13.2 Å². The minimum absolute atomic E-state index is 0.0284. The molecule has 2 N–H and O–H groups in total. The van der Waals surface area contributed by atoms with Crippen LogP contribution in [0.25, 0.3) is 0 Å². The highest BCUT2D eigenvalue weighted by Crippen LogP contribution is 2.27. The van der Waals surface area contributed by atoms with Gasteiger partial charge in [0.05, 0.1) is 17.6 Å². The Kier molecular flexibility index (Phi) is 5.22. The summed E-state index contributed by atoms with van der Waals surface area (Å²) in [6, 6.07) is 0. The number of rotatable bonds is 4. The van der Waals surface area contributed by atoms with Gasteiger partial charge in [-0.05, 0) is 25.7 Å². The summed E-state index contributed by atoms with van der Waals surface area (Å²) in [6.45, 7) is 3.13. The van der Waals surface area contributed by atoms with Crippen molar-refractivity contribution in [3.8, 4) is 0 Å². The van der Waals surface area contributed by atoms with E-state index in [1.54, 1.807) is 0 Å². The lowest BCUT2D eigenvalue weighted by Crippen LogP contribution is -2.45. The summed E-state index contributed by atoms with van der Waals surface area (Å²) < 4.78 is 5.55. The smallest absolute Gasteiger partial charge is 0.225 e. The van der Waals surface area contributed by atoms with Gasteiger partial charge < -0.3 is 15.2 Å². The van der Waals surface area contributed by atoms with Crippen molar-refractivity contribution in [2.24, 2.45) is 5.92 Å². The van der Waals surface area contributed by atoms with Gasteiger partial charge in [0.1, 0.15) is 0 Å². The van der Waals surface area contributed by atoms with Crippen LogP contribution in [0.3, 0.4) is 0 Å². The van der Waals surface area contributed by atoms with Gasteiger partial charge in [-0.25, -0.2) is 0 Å². The standard InChI is InChI=1S/C15H27NO3/c1-2-13-12(7-10-19-13)14(17)16-11-15(18)8-5-3-4-6-9-15/h12-13,18H,2-11H2,1H3,(H,16,17). The highest BCUT2D eigenvalue weighted by atomic mass is 16.5. The predicted octanol–water partition coefficient (Wildman–Crippen LogP) is 2.00. The molecule has 19 heavy (non-hydrogen) atoms. The zero-order valence-corrected chi connectivity index (χ0v) is 12.0. The second-order valence-corrected chi connectivity index (χ2v) is 6.07. The Morgan fingerprint density at radius 2 is 2.00 bits per heavy atom. The number of carbonyl (C=O) groups excluding carboxylic acids is 1. The third-order valence-corrected chi connectivity index (χ3v) is 4.57. The van der Waals surface area contributed by atoms with Crippen LogP contribution in [0.2, 0.25) is 0 Å². The number of hydrogen-bond donors (Lipinski definition) is 2. The van der Waals surface area contributed by atoms with Crippen molar-refractivity contribution in [3.05, 3.63) is 0 Å². The third kappa shape index (κ3) is 3.93. The topological polar surface area (TPSA) is 58.6 Å². The van der Waals surface area contributed by atoms with Crippen LogP contribution in [0.1, 0.15) is 58.3 Å². The van der Waals surface area contributed by atoms with Gasteiger partial charge >= 0.3 is 0 Å². The number of ether oxygens (including phenoxy) is 1. The molecule has 4 nitrogen and oxygen atoms in total. The zero-order valence-electron chi connectivity index (χ0n) is 12.0. The van der Waals surface area contributed by atoms with E-state index >= 15 is 0 Å². The van der Waals surface area contributed by atoms with Gasteiger partial charge in [-0.3, -0.25) is 4.79 Å². The van der Waals surface area contributed by atoms with E-state index in [4.69, 9.17) is 4.74 Å². The predicted molar refractivity (Wildman–Crippen MR) is 73.8 cm³/mol. The lowest BCUT2D eigenvalue weighted by molar-refractivity contribution is -0.128. The lowest BCUT2D eigenvalue weighted by Gasteiger charge is -2.28. The zero-order chi connectivity index (χ0) is 13.7. The van der Waals surface area contributed by atoms with Crippen molar-refractivity contribution < 1.29 is 14.6 Å². The highest BCUT2D eigenvalue weighted by molar-refractivity contribution is 5.79. The molecular weight excluding hydrogens is 242 g/mol. The fourth-order valence-corrected chi connectivity index (χ4v) is 3.30. The fourth-order valence-electron chi connectivity index (χ4n) is 3.30. The summed E-state index contributed by atoms with van der Waals surface area (Å²) in [4.78, 5) is 12.2. The minimum Gasteiger partial charge on any atom is -0.388 e. The molecule has 1 aliphatic heterocycles. The van der Waals surface area contributed by atoms with Crippen LogP contribution < -0.4 is 5.32 Å². The molecule has 4 heteroatoms. The van der Waals surface area contributed by atoms with E-state index in [0.717, 1.165) is 38.5 Å². The second kappa shape index (κ2) is 6.71. The first kappa shape index (κ1) is 14.8. The normalized spacial score (nSPS) is 30.8. The molecule has 2 rings (SSSR count). The van der Waals surface area contributed by atoms with Gasteiger partial charge in [0.25, 0.3) is 0 Å². The molecule has 0 radical (unpaired) electrons. The second-order valence-electron chi connectivity index (χ2n) is 6.07. The quantitative estimate of drug-likeness (QED) is 0.768. The largest absolute Gasteiger partial charge is 0.388 e. The van der Waals surface area contributed by atoms with Crippen molar-refractivity contribution in [1.82, 2.24) is 5.32 Å². The summed E-state index contributed by atoms with van der Waals surface area (Å²) >= 11 is 0. The molecule has 110 valence electrons. The maximum atomic E-state index is 12.2. The molecule has 0 aromatic heterocycles. The van der Waals surface area contributed by atoms with Crippen LogP contribution in [0.15, 0.2) is 0 Å². The van der Waals surface area contributed by atoms with Crippen molar-refractivity contribution in [3.63, 3.8) is 0 Å². The Bertz CT molecular complexity index is 298. The number of carbonyl (C=O) groups is 1.